The lowest BCUT2D eigenvalue weighted by atomic mass is 9.73. The lowest BCUT2D eigenvalue weighted by Crippen LogP contribution is -2.41. The Morgan fingerprint density at radius 2 is 1.86 bits per heavy atom. The molecular formula is C25H31N3O. The number of nitrogens with one attached hydrogen (secondary N) is 1. The fourth-order valence-electron chi connectivity index (χ4n) is 5.63. The third-order valence-electron chi connectivity index (χ3n) is 7.48. The summed E-state index contributed by atoms with van der Waals surface area (Å²) in [4.78, 5) is 19.3. The summed E-state index contributed by atoms with van der Waals surface area (Å²) in [5.41, 5.74) is 4.55. The van der Waals surface area contributed by atoms with Crippen LogP contribution in [0.25, 0.3) is 0 Å². The summed E-state index contributed by atoms with van der Waals surface area (Å²) in [6, 6.07) is 13.6. The van der Waals surface area contributed by atoms with Gasteiger partial charge in [-0.3, -0.25) is 14.7 Å². The molecule has 29 heavy (non-hydrogen) atoms. The first kappa shape index (κ1) is 18.8. The normalized spacial score (nSPS) is 23.5. The number of benzene rings is 1. The highest BCUT2D eigenvalue weighted by atomic mass is 16.1. The molecule has 1 aromatic heterocycles. The maximum Gasteiger partial charge on any atom is 0.220 e. The number of fused-ring (bicyclic) bond motifs is 2. The van der Waals surface area contributed by atoms with Gasteiger partial charge in [0.25, 0.3) is 0 Å². The molecule has 0 unspecified atom stereocenters. The van der Waals surface area contributed by atoms with Gasteiger partial charge in [0, 0.05) is 31.4 Å². The molecule has 152 valence electrons. The number of aromatic nitrogens is 1. The van der Waals surface area contributed by atoms with Gasteiger partial charge in [0.2, 0.25) is 5.91 Å². The highest BCUT2D eigenvalue weighted by molar-refractivity contribution is 5.77. The van der Waals surface area contributed by atoms with E-state index in [4.69, 9.17) is 0 Å². The molecule has 2 aromatic rings. The summed E-state index contributed by atoms with van der Waals surface area (Å²) in [6.07, 6.45) is 11.5. The number of carbonyl (C=O) groups is 1. The van der Waals surface area contributed by atoms with E-state index in [1.54, 1.807) is 0 Å². The van der Waals surface area contributed by atoms with Crippen molar-refractivity contribution in [2.75, 3.05) is 13.1 Å². The minimum atomic E-state index is 0.252. The van der Waals surface area contributed by atoms with Gasteiger partial charge in [-0.1, -0.05) is 24.3 Å². The summed E-state index contributed by atoms with van der Waals surface area (Å²) >= 11 is 0. The number of hydrogen-bond acceptors (Lipinski definition) is 3. The van der Waals surface area contributed by atoms with Crippen molar-refractivity contribution < 1.29 is 4.79 Å². The number of nitrogens with zero attached hydrogens (tertiary/aromatic N) is 2. The zero-order valence-corrected chi connectivity index (χ0v) is 17.1. The second kappa shape index (κ2) is 7.91. The quantitative estimate of drug-likeness (QED) is 0.835. The van der Waals surface area contributed by atoms with Crippen molar-refractivity contribution in [3.63, 3.8) is 0 Å². The summed E-state index contributed by atoms with van der Waals surface area (Å²) in [5, 5.41) is 3.25. The lowest BCUT2D eigenvalue weighted by Gasteiger charge is -2.40. The SMILES string of the molecule is O=C(C[C@@H]1CC2(CCN(Cc3ccncc3)CC2)c2ccccc21)NC1CCC1. The third-order valence-corrected chi connectivity index (χ3v) is 7.48. The molecule has 1 N–H and O–H groups in total. The van der Waals surface area contributed by atoms with Crippen molar-refractivity contribution in [1.82, 2.24) is 15.2 Å². The number of hydrogen-bond donors (Lipinski definition) is 1. The molecule has 4 heteroatoms. The van der Waals surface area contributed by atoms with E-state index in [-0.39, 0.29) is 11.3 Å². The van der Waals surface area contributed by atoms with Gasteiger partial charge in [0.15, 0.2) is 0 Å². The monoisotopic (exact) mass is 389 g/mol. The number of pyridine rings is 1. The molecule has 1 spiro atoms. The minimum Gasteiger partial charge on any atom is -0.353 e. The molecule has 2 heterocycles. The molecule has 1 amide bonds. The van der Waals surface area contributed by atoms with Gasteiger partial charge < -0.3 is 5.32 Å². The Hall–Kier alpha value is -2.20. The molecule has 0 bridgehead atoms. The van der Waals surface area contributed by atoms with Gasteiger partial charge in [0.1, 0.15) is 0 Å². The zero-order valence-electron chi connectivity index (χ0n) is 17.1. The number of amides is 1. The van der Waals surface area contributed by atoms with Crippen LogP contribution in [0.4, 0.5) is 0 Å². The average Bonchev–Trinajstić information content (AvgIpc) is 3.01. The van der Waals surface area contributed by atoms with Crippen LogP contribution in [0.1, 0.15) is 67.6 Å². The van der Waals surface area contributed by atoms with Crippen molar-refractivity contribution in [2.45, 2.75) is 68.9 Å². The van der Waals surface area contributed by atoms with Crippen molar-refractivity contribution in [3.05, 3.63) is 65.5 Å². The summed E-state index contributed by atoms with van der Waals surface area (Å²) < 4.78 is 0. The van der Waals surface area contributed by atoms with Crippen LogP contribution in [0.2, 0.25) is 0 Å². The van der Waals surface area contributed by atoms with Crippen LogP contribution in [0, 0.1) is 0 Å². The van der Waals surface area contributed by atoms with Crippen LogP contribution >= 0.6 is 0 Å². The smallest absolute Gasteiger partial charge is 0.220 e. The maximum absolute atomic E-state index is 12.6. The Balaban J connectivity index is 1.26. The van der Waals surface area contributed by atoms with Crippen LogP contribution in [0.3, 0.4) is 0 Å². The largest absolute Gasteiger partial charge is 0.353 e. The van der Waals surface area contributed by atoms with Crippen LogP contribution < -0.4 is 5.32 Å². The van der Waals surface area contributed by atoms with E-state index in [9.17, 15) is 4.79 Å². The van der Waals surface area contributed by atoms with Gasteiger partial charge >= 0.3 is 0 Å². The van der Waals surface area contributed by atoms with Crippen molar-refractivity contribution >= 4 is 5.91 Å². The summed E-state index contributed by atoms with van der Waals surface area (Å²) in [6.45, 7) is 3.25. The first-order valence-electron chi connectivity index (χ1n) is 11.2. The molecule has 2 aliphatic carbocycles. The lowest BCUT2D eigenvalue weighted by molar-refractivity contribution is -0.122. The molecule has 1 saturated heterocycles. The minimum absolute atomic E-state index is 0.252. The fraction of sp³-hybridized carbons (Fsp3) is 0.520. The van der Waals surface area contributed by atoms with Crippen LogP contribution in [0.15, 0.2) is 48.8 Å². The first-order valence-corrected chi connectivity index (χ1v) is 11.2. The van der Waals surface area contributed by atoms with E-state index in [0.29, 0.717) is 18.4 Å². The highest BCUT2D eigenvalue weighted by Crippen LogP contribution is 2.52. The predicted molar refractivity (Wildman–Crippen MR) is 115 cm³/mol. The van der Waals surface area contributed by atoms with E-state index < -0.39 is 0 Å². The standard InChI is InChI=1S/C25H31N3O/c29-24(27-21-4-3-5-21)16-20-17-25(23-7-2-1-6-22(20)23)10-14-28(15-11-25)18-19-8-12-26-13-9-19/h1-2,6-9,12-13,20-21H,3-5,10-11,14-18H2,(H,27,29)/t20-/m1/s1. The third kappa shape index (κ3) is 3.83. The first-order chi connectivity index (χ1) is 14.2. The summed E-state index contributed by atoms with van der Waals surface area (Å²) in [5.74, 6) is 0.625. The molecule has 2 fully saturated rings. The molecule has 3 aliphatic rings. The van der Waals surface area contributed by atoms with Gasteiger partial charge in [-0.15, -0.1) is 0 Å². The van der Waals surface area contributed by atoms with Gasteiger partial charge in [-0.2, -0.15) is 0 Å². The molecule has 1 saturated carbocycles. The van der Waals surface area contributed by atoms with E-state index in [0.717, 1.165) is 38.9 Å². The van der Waals surface area contributed by atoms with Crippen molar-refractivity contribution in [2.24, 2.45) is 0 Å². The number of carbonyl (C=O) groups excluding carboxylic acids is 1. The topological polar surface area (TPSA) is 45.2 Å². The van der Waals surface area contributed by atoms with Crippen molar-refractivity contribution in [1.29, 1.82) is 0 Å². The Morgan fingerprint density at radius 3 is 2.59 bits per heavy atom. The Morgan fingerprint density at radius 1 is 1.10 bits per heavy atom. The van der Waals surface area contributed by atoms with Gasteiger partial charge in [0.05, 0.1) is 0 Å². The average molecular weight is 390 g/mol. The Bertz CT molecular complexity index is 853. The van der Waals surface area contributed by atoms with Gasteiger partial charge in [-0.25, -0.2) is 0 Å². The molecule has 0 radical (unpaired) electrons. The van der Waals surface area contributed by atoms with Crippen LogP contribution in [-0.2, 0) is 16.8 Å². The van der Waals surface area contributed by atoms with E-state index >= 15 is 0 Å². The van der Waals surface area contributed by atoms with Gasteiger partial charge in [-0.05, 0) is 91.8 Å². The Labute approximate surface area is 173 Å². The van der Waals surface area contributed by atoms with E-state index in [1.165, 1.54) is 36.0 Å². The fourth-order valence-corrected chi connectivity index (χ4v) is 5.63. The van der Waals surface area contributed by atoms with E-state index in [2.05, 4.69) is 51.6 Å². The second-order valence-electron chi connectivity index (χ2n) is 9.30. The van der Waals surface area contributed by atoms with Crippen molar-refractivity contribution in [3.8, 4) is 0 Å². The molecule has 1 atom stereocenters. The summed E-state index contributed by atoms with van der Waals surface area (Å²) in [7, 11) is 0. The molecular weight excluding hydrogens is 358 g/mol. The van der Waals surface area contributed by atoms with E-state index in [1.807, 2.05) is 12.4 Å². The molecule has 5 rings (SSSR count). The second-order valence-corrected chi connectivity index (χ2v) is 9.30. The van der Waals surface area contributed by atoms with Crippen LogP contribution in [0.5, 0.6) is 0 Å². The number of rotatable bonds is 5. The number of piperidine rings is 1. The van der Waals surface area contributed by atoms with Crippen LogP contribution in [-0.4, -0.2) is 34.9 Å². The molecule has 4 nitrogen and oxygen atoms in total. The molecule has 1 aromatic carbocycles. The number of likely N-dealkylation sites (tertiary alicyclic amines) is 1. The Kier molecular flexibility index (Phi) is 5.13. The molecule has 1 aliphatic heterocycles. The predicted octanol–water partition coefficient (Wildman–Crippen LogP) is 4.16. The zero-order chi connectivity index (χ0) is 19.7. The highest BCUT2D eigenvalue weighted by Gasteiger charge is 2.45. The maximum atomic E-state index is 12.6.